The fourth-order valence-corrected chi connectivity index (χ4v) is 4.52. The molecule has 2 aromatic rings. The van der Waals surface area contributed by atoms with Crippen LogP contribution in [-0.2, 0) is 0 Å². The summed E-state index contributed by atoms with van der Waals surface area (Å²) in [5.41, 5.74) is 3.67. The SMILES string of the molecule is CC1=NC(C)=C(C#N)C(c2ccc3[nH]nc(C(=O)NCCN4CCCC4)c3c2)C1C#N. The van der Waals surface area contributed by atoms with Crippen LogP contribution in [0.25, 0.3) is 10.9 Å². The van der Waals surface area contributed by atoms with Gasteiger partial charge in [0.1, 0.15) is 0 Å². The van der Waals surface area contributed by atoms with Crippen molar-refractivity contribution in [2.24, 2.45) is 10.9 Å². The Balaban J connectivity index is 1.62. The molecule has 0 bridgehead atoms. The standard InChI is InChI=1S/C23H25N7O/c1-14-18(12-24)21(19(13-25)15(2)27-14)16-5-6-20-17(11-16)22(29-28-20)23(31)26-7-10-30-8-3-4-9-30/h5-6,11,18,21H,3-4,7-10H2,1-2H3,(H,26,31)(H,28,29). The second-order valence-corrected chi connectivity index (χ2v) is 8.13. The van der Waals surface area contributed by atoms with Gasteiger partial charge < -0.3 is 10.2 Å². The van der Waals surface area contributed by atoms with Crippen LogP contribution in [0, 0.1) is 28.6 Å². The molecule has 1 saturated heterocycles. The third-order valence-corrected chi connectivity index (χ3v) is 6.16. The Kier molecular flexibility index (Phi) is 5.83. The normalized spacial score (nSPS) is 21.6. The summed E-state index contributed by atoms with van der Waals surface area (Å²) in [7, 11) is 0. The fraction of sp³-hybridized carbons (Fsp3) is 0.435. The molecule has 158 valence electrons. The number of H-pyrrole nitrogens is 1. The maximum Gasteiger partial charge on any atom is 0.272 e. The Morgan fingerprint density at radius 1 is 1.29 bits per heavy atom. The van der Waals surface area contributed by atoms with Crippen LogP contribution in [0.3, 0.4) is 0 Å². The summed E-state index contributed by atoms with van der Waals surface area (Å²) in [4.78, 5) is 19.5. The quantitative estimate of drug-likeness (QED) is 0.778. The Morgan fingerprint density at radius 3 is 2.77 bits per heavy atom. The van der Waals surface area contributed by atoms with E-state index in [1.165, 1.54) is 12.8 Å². The lowest BCUT2D eigenvalue weighted by atomic mass is 9.76. The summed E-state index contributed by atoms with van der Waals surface area (Å²) < 4.78 is 0. The summed E-state index contributed by atoms with van der Waals surface area (Å²) in [6.07, 6.45) is 2.43. The molecule has 0 radical (unpaired) electrons. The van der Waals surface area contributed by atoms with Gasteiger partial charge in [0.2, 0.25) is 0 Å². The van der Waals surface area contributed by atoms with Crippen LogP contribution in [-0.4, -0.2) is 52.9 Å². The number of nitriles is 2. The molecule has 31 heavy (non-hydrogen) atoms. The summed E-state index contributed by atoms with van der Waals surface area (Å²) in [5, 5.41) is 30.2. The predicted octanol–water partition coefficient (Wildman–Crippen LogP) is 2.88. The first-order valence-electron chi connectivity index (χ1n) is 10.6. The molecule has 0 spiro atoms. The average molecular weight is 416 g/mol. The minimum atomic E-state index is -0.527. The Hall–Kier alpha value is -3.49. The van der Waals surface area contributed by atoms with Crippen LogP contribution >= 0.6 is 0 Å². The molecule has 4 rings (SSSR count). The smallest absolute Gasteiger partial charge is 0.272 e. The van der Waals surface area contributed by atoms with Crippen molar-refractivity contribution in [3.05, 3.63) is 40.7 Å². The molecule has 2 aliphatic rings. The van der Waals surface area contributed by atoms with E-state index in [1.807, 2.05) is 25.1 Å². The highest BCUT2D eigenvalue weighted by atomic mass is 16.1. The van der Waals surface area contributed by atoms with E-state index in [1.54, 1.807) is 6.92 Å². The molecular formula is C23H25N7O. The van der Waals surface area contributed by atoms with E-state index in [9.17, 15) is 15.3 Å². The van der Waals surface area contributed by atoms with E-state index in [0.717, 1.165) is 30.7 Å². The minimum Gasteiger partial charge on any atom is -0.349 e. The first-order chi connectivity index (χ1) is 15.0. The number of nitrogens with one attached hydrogen (secondary N) is 2. The first kappa shape index (κ1) is 20.8. The van der Waals surface area contributed by atoms with Crippen molar-refractivity contribution in [2.75, 3.05) is 26.2 Å². The van der Waals surface area contributed by atoms with Gasteiger partial charge in [0, 0.05) is 30.1 Å². The minimum absolute atomic E-state index is 0.229. The summed E-state index contributed by atoms with van der Waals surface area (Å²) >= 11 is 0. The Labute approximate surface area is 181 Å². The first-order valence-corrected chi connectivity index (χ1v) is 10.6. The molecule has 3 heterocycles. The number of likely N-dealkylation sites (tertiary alicyclic amines) is 1. The lowest BCUT2D eigenvalue weighted by Crippen LogP contribution is -2.33. The number of aromatic amines is 1. The predicted molar refractivity (Wildman–Crippen MR) is 117 cm³/mol. The number of nitrogens with zero attached hydrogens (tertiary/aromatic N) is 5. The van der Waals surface area contributed by atoms with Gasteiger partial charge in [-0.05, 0) is 57.5 Å². The largest absolute Gasteiger partial charge is 0.349 e. The van der Waals surface area contributed by atoms with Crippen LogP contribution < -0.4 is 5.32 Å². The van der Waals surface area contributed by atoms with Gasteiger partial charge in [0.05, 0.1) is 34.8 Å². The zero-order valence-corrected chi connectivity index (χ0v) is 17.8. The van der Waals surface area contributed by atoms with E-state index in [-0.39, 0.29) is 5.91 Å². The second kappa shape index (κ2) is 8.71. The highest BCUT2D eigenvalue weighted by Gasteiger charge is 2.34. The van der Waals surface area contributed by atoms with Crippen LogP contribution in [0.15, 0.2) is 34.5 Å². The topological polar surface area (TPSA) is 121 Å². The number of amides is 1. The van der Waals surface area contributed by atoms with Gasteiger partial charge in [-0.1, -0.05) is 6.07 Å². The summed E-state index contributed by atoms with van der Waals surface area (Å²) in [6.45, 7) is 7.18. The fourth-order valence-electron chi connectivity index (χ4n) is 4.52. The van der Waals surface area contributed by atoms with Crippen molar-refractivity contribution in [1.29, 1.82) is 10.5 Å². The molecule has 8 nitrogen and oxygen atoms in total. The van der Waals surface area contributed by atoms with Crippen molar-refractivity contribution in [3.63, 3.8) is 0 Å². The highest BCUT2D eigenvalue weighted by molar-refractivity contribution is 6.05. The van der Waals surface area contributed by atoms with Crippen LogP contribution in [0.5, 0.6) is 0 Å². The average Bonchev–Trinajstić information content (AvgIpc) is 3.42. The molecule has 1 amide bonds. The monoisotopic (exact) mass is 415 g/mol. The molecule has 2 atom stereocenters. The number of allylic oxidation sites excluding steroid dienone is 2. The maximum atomic E-state index is 12.8. The Morgan fingerprint density at radius 2 is 2.06 bits per heavy atom. The van der Waals surface area contributed by atoms with Gasteiger partial charge >= 0.3 is 0 Å². The number of rotatable bonds is 5. The van der Waals surface area contributed by atoms with Crippen molar-refractivity contribution >= 4 is 22.5 Å². The van der Waals surface area contributed by atoms with Crippen molar-refractivity contribution in [3.8, 4) is 12.1 Å². The molecule has 2 unspecified atom stereocenters. The molecule has 1 aromatic carbocycles. The molecule has 8 heteroatoms. The van der Waals surface area contributed by atoms with Crippen molar-refractivity contribution in [1.82, 2.24) is 20.4 Å². The molecule has 2 aliphatic heterocycles. The number of benzene rings is 1. The van der Waals surface area contributed by atoms with Crippen molar-refractivity contribution < 1.29 is 4.79 Å². The summed E-state index contributed by atoms with van der Waals surface area (Å²) in [6, 6.07) is 10.1. The maximum absolute atomic E-state index is 12.8. The third kappa shape index (κ3) is 3.95. The number of aromatic nitrogens is 2. The van der Waals surface area contributed by atoms with Gasteiger partial charge in [-0.3, -0.25) is 14.9 Å². The van der Waals surface area contributed by atoms with Gasteiger partial charge in [-0.15, -0.1) is 0 Å². The molecule has 2 N–H and O–H groups in total. The highest BCUT2D eigenvalue weighted by Crippen LogP contribution is 2.39. The summed E-state index contributed by atoms with van der Waals surface area (Å²) in [5.74, 6) is -1.17. The Bertz CT molecular complexity index is 1150. The van der Waals surface area contributed by atoms with E-state index in [4.69, 9.17) is 0 Å². The number of carbonyl (C=O) groups is 1. The van der Waals surface area contributed by atoms with Gasteiger partial charge in [-0.25, -0.2) is 0 Å². The molecule has 1 aromatic heterocycles. The molecule has 0 aliphatic carbocycles. The van der Waals surface area contributed by atoms with E-state index < -0.39 is 11.8 Å². The second-order valence-electron chi connectivity index (χ2n) is 8.13. The molecule has 0 saturated carbocycles. The van der Waals surface area contributed by atoms with Crippen molar-refractivity contribution in [2.45, 2.75) is 32.6 Å². The lowest BCUT2D eigenvalue weighted by Gasteiger charge is -2.26. The number of hydrogen-bond acceptors (Lipinski definition) is 6. The van der Waals surface area contributed by atoms with E-state index in [2.05, 4.69) is 37.5 Å². The molecule has 1 fully saturated rings. The van der Waals surface area contributed by atoms with Crippen LogP contribution in [0.2, 0.25) is 0 Å². The zero-order chi connectivity index (χ0) is 22.0. The van der Waals surface area contributed by atoms with E-state index in [0.29, 0.717) is 34.6 Å². The third-order valence-electron chi connectivity index (χ3n) is 6.16. The zero-order valence-electron chi connectivity index (χ0n) is 17.8. The lowest BCUT2D eigenvalue weighted by molar-refractivity contribution is 0.0946. The van der Waals surface area contributed by atoms with E-state index >= 15 is 0 Å². The van der Waals surface area contributed by atoms with Gasteiger partial charge in [-0.2, -0.15) is 15.6 Å². The number of fused-ring (bicyclic) bond motifs is 1. The van der Waals surface area contributed by atoms with Gasteiger partial charge in [0.15, 0.2) is 5.69 Å². The number of carbonyl (C=O) groups excluding carboxylic acids is 1. The van der Waals surface area contributed by atoms with Crippen LogP contribution in [0.4, 0.5) is 0 Å². The molecular weight excluding hydrogens is 390 g/mol. The van der Waals surface area contributed by atoms with Crippen LogP contribution in [0.1, 0.15) is 48.7 Å². The number of aliphatic imine (C=N–C) groups is 1. The number of hydrogen-bond donors (Lipinski definition) is 2. The van der Waals surface area contributed by atoms with Gasteiger partial charge in [0.25, 0.3) is 5.91 Å².